The normalized spacial score (nSPS) is 19.7. The van der Waals surface area contributed by atoms with Crippen LogP contribution < -0.4 is 5.73 Å². The van der Waals surface area contributed by atoms with Crippen LogP contribution in [-0.2, 0) is 11.2 Å². The molecule has 0 aromatic heterocycles. The molecule has 1 aliphatic rings. The van der Waals surface area contributed by atoms with Crippen LogP contribution in [0.15, 0.2) is 24.3 Å². The molecular weight excluding hydrogens is 234 g/mol. The van der Waals surface area contributed by atoms with E-state index in [1.807, 2.05) is 18.2 Å². The number of methoxy groups -OCH3 is 1. The van der Waals surface area contributed by atoms with Gasteiger partial charge in [0.15, 0.2) is 0 Å². The van der Waals surface area contributed by atoms with Gasteiger partial charge in [-0.2, -0.15) is 0 Å². The Bertz CT molecular complexity index is 371. The van der Waals surface area contributed by atoms with Crippen molar-refractivity contribution in [3.05, 3.63) is 34.9 Å². The van der Waals surface area contributed by atoms with Crippen molar-refractivity contribution >= 4 is 11.6 Å². The maximum Gasteiger partial charge on any atom is 0.0693 e. The molecule has 1 atom stereocenters. The van der Waals surface area contributed by atoms with Crippen LogP contribution in [-0.4, -0.2) is 18.8 Å². The average molecular weight is 254 g/mol. The largest absolute Gasteiger partial charge is 0.378 e. The summed E-state index contributed by atoms with van der Waals surface area (Å²) in [6.45, 7) is 0. The van der Waals surface area contributed by atoms with E-state index in [1.165, 1.54) is 12.0 Å². The molecule has 0 heterocycles. The number of hydrogen-bond acceptors (Lipinski definition) is 2. The first-order valence-corrected chi connectivity index (χ1v) is 6.56. The molecule has 2 N–H and O–H groups in total. The first kappa shape index (κ1) is 12.9. The van der Waals surface area contributed by atoms with Crippen molar-refractivity contribution in [3.63, 3.8) is 0 Å². The number of nitrogens with two attached hydrogens (primary N) is 1. The highest BCUT2D eigenvalue weighted by molar-refractivity contribution is 6.30. The molecule has 1 unspecified atom stereocenters. The standard InChI is InChI=1S/C14H20ClNO/c1-17-14(6-3-7-14)10-13(16)9-11-4-2-5-12(15)8-11/h2,4-5,8,13H,3,6-7,9-10,16H2,1H3. The maximum atomic E-state index is 6.20. The Balaban J connectivity index is 1.90. The van der Waals surface area contributed by atoms with Crippen LogP contribution in [0.2, 0.25) is 5.02 Å². The summed E-state index contributed by atoms with van der Waals surface area (Å²) in [6, 6.07) is 8.07. The van der Waals surface area contributed by atoms with Gasteiger partial charge >= 0.3 is 0 Å². The second-order valence-electron chi connectivity index (χ2n) is 5.04. The Kier molecular flexibility index (Phi) is 4.08. The fourth-order valence-electron chi connectivity index (χ4n) is 2.58. The van der Waals surface area contributed by atoms with Crippen LogP contribution in [0.25, 0.3) is 0 Å². The predicted molar refractivity (Wildman–Crippen MR) is 71.3 cm³/mol. The molecule has 2 rings (SSSR count). The van der Waals surface area contributed by atoms with Crippen molar-refractivity contribution in [2.45, 2.75) is 43.7 Å². The molecular formula is C14H20ClNO. The van der Waals surface area contributed by atoms with Gasteiger partial charge in [-0.15, -0.1) is 0 Å². The Labute approximate surface area is 108 Å². The van der Waals surface area contributed by atoms with Gasteiger partial charge in [0, 0.05) is 18.2 Å². The Morgan fingerprint density at radius 2 is 2.24 bits per heavy atom. The molecule has 94 valence electrons. The lowest BCUT2D eigenvalue weighted by Gasteiger charge is -2.42. The molecule has 0 spiro atoms. The van der Waals surface area contributed by atoms with Crippen LogP contribution in [0.5, 0.6) is 0 Å². The third kappa shape index (κ3) is 3.21. The minimum atomic E-state index is 0.0536. The molecule has 0 saturated heterocycles. The molecule has 1 fully saturated rings. The highest BCUT2D eigenvalue weighted by Gasteiger charge is 2.38. The van der Waals surface area contributed by atoms with Gasteiger partial charge in [-0.25, -0.2) is 0 Å². The van der Waals surface area contributed by atoms with E-state index in [9.17, 15) is 0 Å². The third-order valence-corrected chi connectivity index (χ3v) is 3.95. The van der Waals surface area contributed by atoms with Crippen molar-refractivity contribution in [3.8, 4) is 0 Å². The topological polar surface area (TPSA) is 35.2 Å². The molecule has 3 heteroatoms. The van der Waals surface area contributed by atoms with E-state index in [1.54, 1.807) is 7.11 Å². The number of benzene rings is 1. The summed E-state index contributed by atoms with van der Waals surface area (Å²) in [5.74, 6) is 0. The highest BCUT2D eigenvalue weighted by Crippen LogP contribution is 2.38. The summed E-state index contributed by atoms with van der Waals surface area (Å²) in [6.07, 6.45) is 5.36. The van der Waals surface area contributed by atoms with Crippen LogP contribution in [0, 0.1) is 0 Å². The second-order valence-corrected chi connectivity index (χ2v) is 5.48. The van der Waals surface area contributed by atoms with Gasteiger partial charge in [-0.05, 0) is 49.8 Å². The van der Waals surface area contributed by atoms with Crippen molar-refractivity contribution in [1.82, 2.24) is 0 Å². The summed E-state index contributed by atoms with van der Waals surface area (Å²) in [4.78, 5) is 0. The summed E-state index contributed by atoms with van der Waals surface area (Å²) in [5, 5.41) is 0.778. The zero-order valence-corrected chi connectivity index (χ0v) is 11.0. The fraction of sp³-hybridized carbons (Fsp3) is 0.571. The third-order valence-electron chi connectivity index (χ3n) is 3.72. The SMILES string of the molecule is COC1(CC(N)Cc2cccc(Cl)c2)CCC1. The minimum absolute atomic E-state index is 0.0536. The summed E-state index contributed by atoms with van der Waals surface area (Å²) in [7, 11) is 1.80. The van der Waals surface area contributed by atoms with E-state index in [0.717, 1.165) is 30.7 Å². The number of rotatable bonds is 5. The molecule has 1 saturated carbocycles. The Morgan fingerprint density at radius 1 is 1.47 bits per heavy atom. The highest BCUT2D eigenvalue weighted by atomic mass is 35.5. The van der Waals surface area contributed by atoms with Crippen LogP contribution in [0.3, 0.4) is 0 Å². The van der Waals surface area contributed by atoms with E-state index < -0.39 is 0 Å². The molecule has 0 bridgehead atoms. The smallest absolute Gasteiger partial charge is 0.0693 e. The predicted octanol–water partition coefficient (Wildman–Crippen LogP) is 3.17. The van der Waals surface area contributed by atoms with Gasteiger partial charge < -0.3 is 10.5 Å². The lowest BCUT2D eigenvalue weighted by atomic mass is 9.75. The van der Waals surface area contributed by atoms with Gasteiger partial charge in [-0.3, -0.25) is 0 Å². The van der Waals surface area contributed by atoms with Gasteiger partial charge in [0.1, 0.15) is 0 Å². The van der Waals surface area contributed by atoms with Crippen LogP contribution >= 0.6 is 11.6 Å². The van der Waals surface area contributed by atoms with Gasteiger partial charge in [0.25, 0.3) is 0 Å². The van der Waals surface area contributed by atoms with E-state index in [-0.39, 0.29) is 11.6 Å². The number of hydrogen-bond donors (Lipinski definition) is 1. The van der Waals surface area contributed by atoms with Crippen molar-refractivity contribution in [2.75, 3.05) is 7.11 Å². The van der Waals surface area contributed by atoms with Crippen LogP contribution in [0.4, 0.5) is 0 Å². The first-order chi connectivity index (χ1) is 8.13. The summed E-state index contributed by atoms with van der Waals surface area (Å²) < 4.78 is 5.60. The Morgan fingerprint density at radius 3 is 2.76 bits per heavy atom. The lowest BCUT2D eigenvalue weighted by molar-refractivity contribution is -0.0813. The van der Waals surface area contributed by atoms with Gasteiger partial charge in [0.2, 0.25) is 0 Å². The molecule has 17 heavy (non-hydrogen) atoms. The molecule has 0 radical (unpaired) electrons. The minimum Gasteiger partial charge on any atom is -0.378 e. The van der Waals surface area contributed by atoms with Gasteiger partial charge in [0.05, 0.1) is 5.60 Å². The molecule has 1 aliphatic carbocycles. The molecule has 2 nitrogen and oxygen atoms in total. The number of halogens is 1. The maximum absolute atomic E-state index is 6.20. The molecule has 0 amide bonds. The fourth-order valence-corrected chi connectivity index (χ4v) is 2.79. The molecule has 1 aromatic carbocycles. The molecule has 0 aliphatic heterocycles. The van der Waals surface area contributed by atoms with E-state index in [4.69, 9.17) is 22.1 Å². The van der Waals surface area contributed by atoms with E-state index >= 15 is 0 Å². The van der Waals surface area contributed by atoms with Crippen molar-refractivity contribution < 1.29 is 4.74 Å². The average Bonchev–Trinajstić information content (AvgIpc) is 2.23. The van der Waals surface area contributed by atoms with Gasteiger partial charge in [-0.1, -0.05) is 23.7 Å². The quantitative estimate of drug-likeness (QED) is 0.875. The Hall–Kier alpha value is -0.570. The van der Waals surface area contributed by atoms with Crippen molar-refractivity contribution in [1.29, 1.82) is 0 Å². The molecule has 1 aromatic rings. The van der Waals surface area contributed by atoms with Crippen molar-refractivity contribution in [2.24, 2.45) is 5.73 Å². The zero-order valence-electron chi connectivity index (χ0n) is 10.3. The summed E-state index contributed by atoms with van der Waals surface area (Å²) in [5.41, 5.74) is 7.46. The second kappa shape index (κ2) is 5.38. The van der Waals surface area contributed by atoms with E-state index in [0.29, 0.717) is 0 Å². The van der Waals surface area contributed by atoms with Crippen LogP contribution in [0.1, 0.15) is 31.2 Å². The van der Waals surface area contributed by atoms with E-state index in [2.05, 4.69) is 6.07 Å². The first-order valence-electron chi connectivity index (χ1n) is 6.19. The number of ether oxygens (including phenoxy) is 1. The summed E-state index contributed by atoms with van der Waals surface area (Å²) >= 11 is 5.96. The lowest BCUT2D eigenvalue weighted by Crippen LogP contribution is -2.44. The monoisotopic (exact) mass is 253 g/mol. The zero-order chi connectivity index (χ0) is 12.3.